The highest BCUT2D eigenvalue weighted by Crippen LogP contribution is 2.10. The number of aliphatic carboxylic acids is 1. The molecule has 0 radical (unpaired) electrons. The zero-order chi connectivity index (χ0) is 14.7. The van der Waals surface area contributed by atoms with Crippen molar-refractivity contribution in [1.82, 2.24) is 10.7 Å². The average Bonchev–Trinajstić information content (AvgIpc) is 2.46. The van der Waals surface area contributed by atoms with Crippen LogP contribution in [0.2, 0.25) is 0 Å². The molecule has 1 aliphatic heterocycles. The molecule has 0 bridgehead atoms. The van der Waals surface area contributed by atoms with E-state index in [1.807, 2.05) is 0 Å². The second-order valence-corrected chi connectivity index (χ2v) is 3.60. The summed E-state index contributed by atoms with van der Waals surface area (Å²) in [7, 11) is 1.13. The predicted octanol–water partition coefficient (Wildman–Crippen LogP) is 0.557. The van der Waals surface area contributed by atoms with Crippen LogP contribution in [0.15, 0.2) is 34.5 Å². The minimum Gasteiger partial charge on any atom is -0.476 e. The number of rotatable bonds is 2. The van der Waals surface area contributed by atoms with Crippen LogP contribution in [0.5, 0.6) is 0 Å². The van der Waals surface area contributed by atoms with Gasteiger partial charge in [-0.15, -0.1) is 10.2 Å². The lowest BCUT2D eigenvalue weighted by atomic mass is 10.1. The summed E-state index contributed by atoms with van der Waals surface area (Å²) in [6.45, 7) is 0. The van der Waals surface area contributed by atoms with Gasteiger partial charge in [0.05, 0.1) is 7.11 Å². The van der Waals surface area contributed by atoms with E-state index in [0.717, 1.165) is 19.2 Å². The fraction of sp³-hybridized carbons (Fsp3) is 0.0909. The first-order valence-corrected chi connectivity index (χ1v) is 5.32. The van der Waals surface area contributed by atoms with Crippen LogP contribution in [0, 0.1) is 5.82 Å². The highest BCUT2D eigenvalue weighted by atomic mass is 19.1. The van der Waals surface area contributed by atoms with Crippen molar-refractivity contribution in [2.75, 3.05) is 7.11 Å². The molecule has 0 saturated carbocycles. The van der Waals surface area contributed by atoms with E-state index in [1.54, 1.807) is 0 Å². The molecule has 1 aromatic rings. The first-order valence-electron chi connectivity index (χ1n) is 5.32. The van der Waals surface area contributed by atoms with Gasteiger partial charge in [0.1, 0.15) is 11.5 Å². The summed E-state index contributed by atoms with van der Waals surface area (Å²) in [4.78, 5) is 22.4. The van der Waals surface area contributed by atoms with Gasteiger partial charge in [-0.1, -0.05) is 5.12 Å². The molecule has 1 amide bonds. The van der Waals surface area contributed by atoms with Gasteiger partial charge >= 0.3 is 12.1 Å². The molecule has 0 saturated heterocycles. The molecule has 1 aliphatic rings. The molecule has 0 aromatic heterocycles. The van der Waals surface area contributed by atoms with Crippen molar-refractivity contribution in [3.05, 3.63) is 35.6 Å². The monoisotopic (exact) mass is 280 g/mol. The molecule has 0 spiro atoms. The number of carbonyl (C=O) groups excluding carboxylic acids is 1. The van der Waals surface area contributed by atoms with Crippen molar-refractivity contribution in [3.63, 3.8) is 0 Å². The Balaban J connectivity index is 2.43. The number of amides is 1. The number of carbonyl (C=O) groups is 2. The number of hydrazine groups is 1. The number of halogens is 1. The summed E-state index contributed by atoms with van der Waals surface area (Å²) in [5.41, 5.74) is 1.91. The van der Waals surface area contributed by atoms with Gasteiger partial charge in [0.15, 0.2) is 5.71 Å². The van der Waals surface area contributed by atoms with Crippen molar-refractivity contribution in [2.45, 2.75) is 0 Å². The maximum absolute atomic E-state index is 12.9. The van der Waals surface area contributed by atoms with Crippen LogP contribution >= 0.6 is 0 Å². The predicted molar refractivity (Wildman–Crippen MR) is 65.4 cm³/mol. The van der Waals surface area contributed by atoms with Gasteiger partial charge in [0.2, 0.25) is 0 Å². The molecule has 2 N–H and O–H groups in total. The van der Waals surface area contributed by atoms with Crippen LogP contribution in [0.1, 0.15) is 5.56 Å². The van der Waals surface area contributed by atoms with E-state index in [2.05, 4.69) is 20.5 Å². The molecule has 2 rings (SSSR count). The first-order chi connectivity index (χ1) is 9.52. The molecule has 1 heterocycles. The standard InChI is InChI=1S/C11H9FN4O4/c1-20-11(19)16-14-8(9(10(17)18)13-15-16)6-2-4-7(12)5-3-6/h2-5,15H,1H3,(H,17,18). The van der Waals surface area contributed by atoms with E-state index >= 15 is 0 Å². The Hall–Kier alpha value is -2.97. The van der Waals surface area contributed by atoms with Gasteiger partial charge < -0.3 is 9.84 Å². The van der Waals surface area contributed by atoms with Crippen molar-refractivity contribution in [3.8, 4) is 0 Å². The van der Waals surface area contributed by atoms with E-state index in [-0.39, 0.29) is 5.71 Å². The summed E-state index contributed by atoms with van der Waals surface area (Å²) in [6.07, 6.45) is -0.877. The van der Waals surface area contributed by atoms with Crippen LogP contribution < -0.4 is 5.53 Å². The number of hydrogen-bond acceptors (Lipinski definition) is 6. The largest absolute Gasteiger partial charge is 0.476 e. The third kappa shape index (κ3) is 2.55. The minimum absolute atomic E-state index is 0.0957. The maximum atomic E-state index is 12.9. The second kappa shape index (κ2) is 5.34. The van der Waals surface area contributed by atoms with Gasteiger partial charge in [-0.25, -0.2) is 14.0 Å². The molecule has 0 atom stereocenters. The SMILES string of the molecule is COC(=O)N1N=C(c2ccc(F)cc2)C(C(=O)O)=NN1. The average molecular weight is 280 g/mol. The zero-order valence-electron chi connectivity index (χ0n) is 10.2. The molecule has 0 fully saturated rings. The smallest absolute Gasteiger partial charge is 0.451 e. The molecular weight excluding hydrogens is 271 g/mol. The molecule has 9 heteroatoms. The van der Waals surface area contributed by atoms with Crippen LogP contribution in [0.3, 0.4) is 0 Å². The van der Waals surface area contributed by atoms with E-state index in [4.69, 9.17) is 5.11 Å². The van der Waals surface area contributed by atoms with E-state index in [0.29, 0.717) is 10.7 Å². The molecular formula is C11H9FN4O4. The number of carboxylic acids is 1. The number of hydrazone groups is 2. The number of hydrogen-bond donors (Lipinski definition) is 2. The van der Waals surface area contributed by atoms with E-state index in [9.17, 15) is 14.0 Å². The Bertz CT molecular complexity index is 611. The zero-order valence-corrected chi connectivity index (χ0v) is 10.2. The number of nitrogens with zero attached hydrogens (tertiary/aromatic N) is 3. The van der Waals surface area contributed by atoms with Crippen molar-refractivity contribution in [2.24, 2.45) is 10.2 Å². The summed E-state index contributed by atoms with van der Waals surface area (Å²) >= 11 is 0. The molecule has 0 unspecified atom stereocenters. The highest BCUT2D eigenvalue weighted by molar-refractivity contribution is 6.68. The van der Waals surface area contributed by atoms with Crippen LogP contribution in [-0.4, -0.2) is 40.8 Å². The van der Waals surface area contributed by atoms with Gasteiger partial charge in [-0.05, 0) is 24.3 Å². The minimum atomic E-state index is -1.34. The normalized spacial score (nSPS) is 14.0. The van der Waals surface area contributed by atoms with Gasteiger partial charge in [-0.2, -0.15) is 5.53 Å². The lowest BCUT2D eigenvalue weighted by Gasteiger charge is -2.20. The van der Waals surface area contributed by atoms with E-state index in [1.165, 1.54) is 12.1 Å². The quantitative estimate of drug-likeness (QED) is 0.823. The number of methoxy groups -OCH3 is 1. The van der Waals surface area contributed by atoms with Crippen molar-refractivity contribution in [1.29, 1.82) is 0 Å². The van der Waals surface area contributed by atoms with Crippen LogP contribution in [0.4, 0.5) is 9.18 Å². The summed E-state index contributed by atoms with van der Waals surface area (Å²) in [5.74, 6) is -1.83. The topological polar surface area (TPSA) is 104 Å². The summed E-state index contributed by atoms with van der Waals surface area (Å²) in [6, 6.07) is 4.94. The van der Waals surface area contributed by atoms with Crippen LogP contribution in [-0.2, 0) is 9.53 Å². The fourth-order valence-electron chi connectivity index (χ4n) is 1.44. The van der Waals surface area contributed by atoms with Gasteiger partial charge in [-0.3, -0.25) is 0 Å². The van der Waals surface area contributed by atoms with Crippen molar-refractivity contribution >= 4 is 23.5 Å². The first kappa shape index (κ1) is 13.5. The third-order valence-corrected chi connectivity index (χ3v) is 2.35. The Morgan fingerprint density at radius 2 is 2.00 bits per heavy atom. The number of ether oxygens (including phenoxy) is 1. The van der Waals surface area contributed by atoms with Gasteiger partial charge in [0.25, 0.3) is 0 Å². The fourth-order valence-corrected chi connectivity index (χ4v) is 1.44. The molecule has 1 aromatic carbocycles. The Kier molecular flexibility index (Phi) is 3.60. The lowest BCUT2D eigenvalue weighted by Crippen LogP contribution is -2.44. The molecule has 104 valence electrons. The third-order valence-electron chi connectivity index (χ3n) is 2.35. The van der Waals surface area contributed by atoms with Gasteiger partial charge in [0, 0.05) is 5.56 Å². The maximum Gasteiger partial charge on any atom is 0.451 e. The molecule has 20 heavy (non-hydrogen) atoms. The lowest BCUT2D eigenvalue weighted by molar-refractivity contribution is -0.129. The molecule has 0 aliphatic carbocycles. The summed E-state index contributed by atoms with van der Waals surface area (Å²) in [5, 5.41) is 17.0. The van der Waals surface area contributed by atoms with Crippen molar-refractivity contribution < 1.29 is 23.8 Å². The highest BCUT2D eigenvalue weighted by Gasteiger charge is 2.27. The number of benzene rings is 1. The number of carboxylic acid groups (broad SMARTS) is 1. The number of nitrogens with one attached hydrogen (secondary N) is 1. The second-order valence-electron chi connectivity index (χ2n) is 3.60. The summed E-state index contributed by atoms with van der Waals surface area (Å²) < 4.78 is 17.3. The Morgan fingerprint density at radius 1 is 1.35 bits per heavy atom. The van der Waals surface area contributed by atoms with Crippen LogP contribution in [0.25, 0.3) is 0 Å². The van der Waals surface area contributed by atoms with E-state index < -0.39 is 23.6 Å². The Labute approximate surface area is 112 Å². The molecule has 8 nitrogen and oxygen atoms in total. The Morgan fingerprint density at radius 3 is 2.55 bits per heavy atom.